The topological polar surface area (TPSA) is 56.5 Å². The quantitative estimate of drug-likeness (QED) is 0.820. The van der Waals surface area contributed by atoms with Gasteiger partial charge in [-0.2, -0.15) is 0 Å². The number of anilines is 3. The summed E-state index contributed by atoms with van der Waals surface area (Å²) in [5, 5.41) is 3.32. The van der Waals surface area contributed by atoms with E-state index < -0.39 is 0 Å². The third-order valence-electron chi connectivity index (χ3n) is 3.35. The lowest BCUT2D eigenvalue weighted by Gasteiger charge is -2.13. The number of benzene rings is 2. The lowest BCUT2D eigenvalue weighted by atomic mass is 10.1. The molecule has 0 saturated heterocycles. The fourth-order valence-corrected chi connectivity index (χ4v) is 2.19. The van der Waals surface area contributed by atoms with Crippen molar-refractivity contribution in [2.45, 2.75) is 13.3 Å². The van der Waals surface area contributed by atoms with Crippen LogP contribution < -0.4 is 20.5 Å². The van der Waals surface area contributed by atoms with Crippen molar-refractivity contribution in [1.82, 2.24) is 0 Å². The van der Waals surface area contributed by atoms with Crippen LogP contribution in [0.3, 0.4) is 0 Å². The summed E-state index contributed by atoms with van der Waals surface area (Å²) in [5.74, 6) is 1.57. The van der Waals surface area contributed by atoms with Crippen molar-refractivity contribution in [3.8, 4) is 11.5 Å². The van der Waals surface area contributed by atoms with E-state index >= 15 is 0 Å². The lowest BCUT2D eigenvalue weighted by Crippen LogP contribution is -1.99. The minimum Gasteiger partial charge on any atom is -0.490 e. The van der Waals surface area contributed by atoms with Crippen LogP contribution >= 0.6 is 0 Å². The first kappa shape index (κ1) is 12.7. The Bertz CT molecular complexity index is 626. The minimum absolute atomic E-state index is 0.684. The summed E-state index contributed by atoms with van der Waals surface area (Å²) >= 11 is 0. The summed E-state index contributed by atoms with van der Waals surface area (Å²) in [6, 6.07) is 11.8. The summed E-state index contributed by atoms with van der Waals surface area (Å²) in [6.07, 6.45) is 0.905. The van der Waals surface area contributed by atoms with E-state index in [9.17, 15) is 0 Å². The van der Waals surface area contributed by atoms with Crippen molar-refractivity contribution in [1.29, 1.82) is 0 Å². The zero-order valence-corrected chi connectivity index (χ0v) is 11.5. The molecule has 3 rings (SSSR count). The van der Waals surface area contributed by atoms with Crippen LogP contribution in [0.2, 0.25) is 0 Å². The van der Waals surface area contributed by atoms with Gasteiger partial charge in [0.25, 0.3) is 0 Å². The van der Waals surface area contributed by atoms with E-state index in [0.29, 0.717) is 13.2 Å². The Balaban J connectivity index is 1.88. The fourth-order valence-electron chi connectivity index (χ4n) is 2.19. The molecule has 2 aromatic rings. The molecule has 0 atom stereocenters. The number of para-hydroxylation sites is 1. The van der Waals surface area contributed by atoms with Crippen molar-refractivity contribution in [3.63, 3.8) is 0 Å². The second kappa shape index (κ2) is 5.33. The Hall–Kier alpha value is -2.36. The number of aryl methyl sites for hydroxylation is 1. The van der Waals surface area contributed by atoms with Gasteiger partial charge in [-0.1, -0.05) is 12.1 Å². The van der Waals surface area contributed by atoms with Crippen molar-refractivity contribution in [2.75, 3.05) is 24.3 Å². The molecule has 0 amide bonds. The van der Waals surface area contributed by atoms with E-state index in [1.807, 2.05) is 43.3 Å². The molecular formula is C16H18N2O2. The molecular weight excluding hydrogens is 252 g/mol. The SMILES string of the molecule is Cc1cccc(Nc2ccc3c(c2)OCCCO3)c1N. The van der Waals surface area contributed by atoms with E-state index in [1.165, 1.54) is 0 Å². The molecule has 0 saturated carbocycles. The van der Waals surface area contributed by atoms with Crippen molar-refractivity contribution in [2.24, 2.45) is 0 Å². The summed E-state index contributed by atoms with van der Waals surface area (Å²) < 4.78 is 11.3. The first-order chi connectivity index (χ1) is 9.74. The van der Waals surface area contributed by atoms with Crippen molar-refractivity contribution >= 4 is 17.1 Å². The molecule has 0 spiro atoms. The lowest BCUT2D eigenvalue weighted by molar-refractivity contribution is 0.297. The van der Waals surface area contributed by atoms with Gasteiger partial charge in [0.2, 0.25) is 0 Å². The summed E-state index contributed by atoms with van der Waals surface area (Å²) in [5.41, 5.74) is 9.74. The molecule has 104 valence electrons. The molecule has 1 heterocycles. The third-order valence-corrected chi connectivity index (χ3v) is 3.35. The number of ether oxygens (including phenoxy) is 2. The van der Waals surface area contributed by atoms with Crippen LogP contribution in [0.4, 0.5) is 17.1 Å². The first-order valence-corrected chi connectivity index (χ1v) is 6.76. The highest BCUT2D eigenvalue weighted by Gasteiger charge is 2.11. The maximum Gasteiger partial charge on any atom is 0.163 e. The van der Waals surface area contributed by atoms with Gasteiger partial charge in [0.05, 0.1) is 24.6 Å². The predicted molar refractivity (Wildman–Crippen MR) is 80.9 cm³/mol. The number of hydrogen-bond donors (Lipinski definition) is 2. The summed E-state index contributed by atoms with van der Waals surface area (Å²) in [6.45, 7) is 3.38. The third kappa shape index (κ3) is 2.50. The Kier molecular flexibility index (Phi) is 3.37. The summed E-state index contributed by atoms with van der Waals surface area (Å²) in [4.78, 5) is 0. The second-order valence-corrected chi connectivity index (χ2v) is 4.87. The number of rotatable bonds is 2. The maximum absolute atomic E-state index is 6.07. The van der Waals surface area contributed by atoms with Gasteiger partial charge in [0, 0.05) is 18.2 Å². The number of nitrogens with two attached hydrogens (primary N) is 1. The van der Waals surface area contributed by atoms with Crippen LogP contribution in [-0.2, 0) is 0 Å². The van der Waals surface area contributed by atoms with E-state index in [-0.39, 0.29) is 0 Å². The highest BCUT2D eigenvalue weighted by molar-refractivity contribution is 5.75. The largest absolute Gasteiger partial charge is 0.490 e. The Labute approximate surface area is 118 Å². The van der Waals surface area contributed by atoms with Crippen molar-refractivity contribution in [3.05, 3.63) is 42.0 Å². The zero-order valence-electron chi connectivity index (χ0n) is 11.5. The predicted octanol–water partition coefficient (Wildman–Crippen LogP) is 3.48. The molecule has 1 aliphatic rings. The van der Waals surface area contributed by atoms with Crippen LogP contribution in [0.25, 0.3) is 0 Å². The standard InChI is InChI=1S/C16H18N2O2/c1-11-4-2-5-13(16(11)17)18-12-6-7-14-15(10-12)20-9-3-8-19-14/h2,4-7,10,18H,3,8-9,17H2,1H3. The molecule has 0 bridgehead atoms. The highest BCUT2D eigenvalue weighted by Crippen LogP contribution is 2.34. The van der Waals surface area contributed by atoms with Crippen LogP contribution in [-0.4, -0.2) is 13.2 Å². The maximum atomic E-state index is 6.07. The molecule has 4 nitrogen and oxygen atoms in total. The normalized spacial score (nSPS) is 13.7. The molecule has 0 unspecified atom stereocenters. The summed E-state index contributed by atoms with van der Waals surface area (Å²) in [7, 11) is 0. The first-order valence-electron chi connectivity index (χ1n) is 6.76. The van der Waals surface area contributed by atoms with Gasteiger partial charge in [-0.3, -0.25) is 0 Å². The molecule has 2 aromatic carbocycles. The van der Waals surface area contributed by atoms with E-state index in [4.69, 9.17) is 15.2 Å². The Morgan fingerprint density at radius 1 is 1.05 bits per heavy atom. The minimum atomic E-state index is 0.684. The van der Waals surface area contributed by atoms with E-state index in [1.54, 1.807) is 0 Å². The highest BCUT2D eigenvalue weighted by atomic mass is 16.5. The van der Waals surface area contributed by atoms with Gasteiger partial charge in [0.15, 0.2) is 11.5 Å². The number of hydrogen-bond acceptors (Lipinski definition) is 4. The van der Waals surface area contributed by atoms with Gasteiger partial charge >= 0.3 is 0 Å². The fraction of sp³-hybridized carbons (Fsp3) is 0.250. The molecule has 1 aliphatic heterocycles. The molecule has 3 N–H and O–H groups in total. The van der Waals surface area contributed by atoms with E-state index in [2.05, 4.69) is 5.32 Å². The van der Waals surface area contributed by atoms with Crippen LogP contribution in [0, 0.1) is 6.92 Å². The average molecular weight is 270 g/mol. The number of nitrogens with one attached hydrogen (secondary N) is 1. The number of fused-ring (bicyclic) bond motifs is 1. The molecule has 0 aliphatic carbocycles. The molecule has 20 heavy (non-hydrogen) atoms. The number of nitrogen functional groups attached to an aromatic ring is 1. The van der Waals surface area contributed by atoms with Gasteiger partial charge in [-0.15, -0.1) is 0 Å². The average Bonchev–Trinajstić information content (AvgIpc) is 2.69. The molecule has 4 heteroatoms. The smallest absolute Gasteiger partial charge is 0.163 e. The Morgan fingerprint density at radius 2 is 1.85 bits per heavy atom. The van der Waals surface area contributed by atoms with Crippen LogP contribution in [0.1, 0.15) is 12.0 Å². The van der Waals surface area contributed by atoms with Gasteiger partial charge in [-0.05, 0) is 30.7 Å². The van der Waals surface area contributed by atoms with Gasteiger partial charge < -0.3 is 20.5 Å². The monoisotopic (exact) mass is 270 g/mol. The molecule has 0 fully saturated rings. The molecule has 0 radical (unpaired) electrons. The van der Waals surface area contributed by atoms with Gasteiger partial charge in [-0.25, -0.2) is 0 Å². The van der Waals surface area contributed by atoms with Crippen LogP contribution in [0.15, 0.2) is 36.4 Å². The van der Waals surface area contributed by atoms with Crippen molar-refractivity contribution < 1.29 is 9.47 Å². The van der Waals surface area contributed by atoms with Crippen LogP contribution in [0.5, 0.6) is 11.5 Å². The Morgan fingerprint density at radius 3 is 2.70 bits per heavy atom. The second-order valence-electron chi connectivity index (χ2n) is 4.87. The van der Waals surface area contributed by atoms with E-state index in [0.717, 1.165) is 40.5 Å². The zero-order chi connectivity index (χ0) is 13.9. The van der Waals surface area contributed by atoms with Gasteiger partial charge in [0.1, 0.15) is 0 Å². The molecule has 0 aromatic heterocycles.